The van der Waals surface area contributed by atoms with Gasteiger partial charge in [-0.05, 0) is 34.3 Å². The van der Waals surface area contributed by atoms with Crippen LogP contribution >= 0.6 is 22.6 Å². The Morgan fingerprint density at radius 1 is 1.20 bits per heavy atom. The summed E-state index contributed by atoms with van der Waals surface area (Å²) in [5.41, 5.74) is -0.688. The Morgan fingerprint density at radius 2 is 1.92 bits per heavy atom. The van der Waals surface area contributed by atoms with E-state index < -0.39 is 23.3 Å². The van der Waals surface area contributed by atoms with E-state index >= 15 is 0 Å². The van der Waals surface area contributed by atoms with E-state index in [-0.39, 0.29) is 12.0 Å². The summed E-state index contributed by atoms with van der Waals surface area (Å²) in [7, 11) is 0. The van der Waals surface area contributed by atoms with Crippen molar-refractivity contribution in [3.8, 4) is 0 Å². The highest BCUT2D eigenvalue weighted by Gasteiger charge is 2.41. The first-order valence-electron chi connectivity index (χ1n) is 8.01. The van der Waals surface area contributed by atoms with Crippen molar-refractivity contribution in [2.24, 2.45) is 0 Å². The van der Waals surface area contributed by atoms with Crippen molar-refractivity contribution >= 4 is 22.6 Å². The lowest BCUT2D eigenvalue weighted by Crippen LogP contribution is -2.52. The van der Waals surface area contributed by atoms with Crippen LogP contribution in [-0.2, 0) is 16.8 Å². The first-order valence-corrected chi connectivity index (χ1v) is 10.2. The molecule has 1 saturated heterocycles. The summed E-state index contributed by atoms with van der Waals surface area (Å²) in [6.07, 6.45) is -0.603. The molecule has 0 spiro atoms. The summed E-state index contributed by atoms with van der Waals surface area (Å²) in [4.78, 5) is 1.97. The number of alkyl halides is 1. The third-order valence-electron chi connectivity index (χ3n) is 4.20. The molecule has 1 aliphatic heterocycles. The lowest BCUT2D eigenvalue weighted by atomic mass is 9.82. The van der Waals surface area contributed by atoms with Crippen molar-refractivity contribution < 1.29 is 18.6 Å². The van der Waals surface area contributed by atoms with Gasteiger partial charge in [-0.1, -0.05) is 52.9 Å². The van der Waals surface area contributed by atoms with Crippen molar-refractivity contribution in [1.82, 2.24) is 5.32 Å². The average molecular weight is 461 g/mol. The van der Waals surface area contributed by atoms with E-state index in [1.807, 2.05) is 11.0 Å². The van der Waals surface area contributed by atoms with Crippen molar-refractivity contribution in [3.05, 3.63) is 71.3 Å². The van der Waals surface area contributed by atoms with Gasteiger partial charge in [0, 0.05) is 19.5 Å². The van der Waals surface area contributed by atoms with Gasteiger partial charge in [-0.3, -0.25) is 0 Å². The van der Waals surface area contributed by atoms with Gasteiger partial charge in [-0.2, -0.15) is 0 Å². The molecule has 0 aromatic heterocycles. The summed E-state index contributed by atoms with van der Waals surface area (Å²) in [5, 5.41) is 14.5. The molecule has 0 bridgehead atoms. The minimum Gasteiger partial charge on any atom is -0.382 e. The molecule has 2 aromatic carbocycles. The van der Waals surface area contributed by atoms with Crippen LogP contribution in [-0.4, -0.2) is 35.8 Å². The van der Waals surface area contributed by atoms with Crippen LogP contribution in [0.4, 0.5) is 8.78 Å². The molecule has 0 unspecified atom stereocenters. The van der Waals surface area contributed by atoms with Gasteiger partial charge < -0.3 is 15.2 Å². The van der Waals surface area contributed by atoms with E-state index in [2.05, 4.69) is 27.9 Å². The summed E-state index contributed by atoms with van der Waals surface area (Å²) < 4.78 is 33.2. The van der Waals surface area contributed by atoms with E-state index in [0.29, 0.717) is 25.3 Å². The SMILES string of the molecule is CI.O[C@](Cc1cc(F)ccc1F)(c1ccccc1)[C@H]1CNCCO1. The number of nitrogens with one attached hydrogen (secondary N) is 1. The molecule has 1 heterocycles. The Bertz CT molecular complexity index is 666. The number of hydrogen-bond acceptors (Lipinski definition) is 3. The largest absolute Gasteiger partial charge is 0.382 e. The molecule has 0 radical (unpaired) electrons. The zero-order valence-corrected chi connectivity index (χ0v) is 16.2. The second kappa shape index (κ2) is 9.56. The van der Waals surface area contributed by atoms with E-state index in [1.54, 1.807) is 24.3 Å². The zero-order valence-electron chi connectivity index (χ0n) is 14.0. The molecule has 3 nitrogen and oxygen atoms in total. The second-order valence-electron chi connectivity index (χ2n) is 5.77. The Morgan fingerprint density at radius 3 is 2.56 bits per heavy atom. The van der Waals surface area contributed by atoms with Crippen LogP contribution in [0.1, 0.15) is 11.1 Å². The fourth-order valence-electron chi connectivity index (χ4n) is 2.97. The number of halogens is 3. The van der Waals surface area contributed by atoms with Gasteiger partial charge in [0.15, 0.2) is 0 Å². The van der Waals surface area contributed by atoms with Crippen LogP contribution in [0.25, 0.3) is 0 Å². The average Bonchev–Trinajstić information content (AvgIpc) is 2.67. The Balaban J connectivity index is 0.00000109. The fraction of sp³-hybridized carbons (Fsp3) is 0.368. The lowest BCUT2D eigenvalue weighted by molar-refractivity contribution is -0.124. The van der Waals surface area contributed by atoms with E-state index in [0.717, 1.165) is 18.2 Å². The minimum absolute atomic E-state index is 0.0625. The summed E-state index contributed by atoms with van der Waals surface area (Å²) in [5.74, 6) is -1.07. The van der Waals surface area contributed by atoms with Crippen molar-refractivity contribution in [1.29, 1.82) is 0 Å². The van der Waals surface area contributed by atoms with Crippen LogP contribution < -0.4 is 5.32 Å². The Labute approximate surface area is 160 Å². The molecule has 2 atom stereocenters. The predicted molar refractivity (Wildman–Crippen MR) is 103 cm³/mol. The highest BCUT2D eigenvalue weighted by atomic mass is 127. The second-order valence-corrected chi connectivity index (χ2v) is 5.77. The smallest absolute Gasteiger partial charge is 0.126 e. The van der Waals surface area contributed by atoms with Gasteiger partial charge in [0.05, 0.1) is 6.61 Å². The van der Waals surface area contributed by atoms with Crippen LogP contribution in [0.15, 0.2) is 48.5 Å². The van der Waals surface area contributed by atoms with Crippen LogP contribution in [0, 0.1) is 11.6 Å². The standard InChI is InChI=1S/C18H19F2NO2.CH3I/c19-15-6-7-16(20)13(10-15)11-18(22,14-4-2-1-3-5-14)17-12-21-8-9-23-17;1-2/h1-7,10,17,21-22H,8-9,11-12H2;1H3/t17-,18-;/m1./s1. The van der Waals surface area contributed by atoms with Crippen LogP contribution in [0.2, 0.25) is 0 Å². The highest BCUT2D eigenvalue weighted by Crippen LogP contribution is 2.32. The maximum atomic E-state index is 14.0. The summed E-state index contributed by atoms with van der Waals surface area (Å²) >= 11 is 2.15. The van der Waals surface area contributed by atoms with E-state index in [1.165, 1.54) is 0 Å². The Kier molecular flexibility index (Phi) is 7.74. The molecule has 25 heavy (non-hydrogen) atoms. The maximum absolute atomic E-state index is 14.0. The summed E-state index contributed by atoms with van der Waals surface area (Å²) in [6.45, 7) is 1.61. The normalized spacial score (nSPS) is 19.5. The third-order valence-corrected chi connectivity index (χ3v) is 4.20. The number of aliphatic hydroxyl groups is 1. The topological polar surface area (TPSA) is 41.5 Å². The van der Waals surface area contributed by atoms with Crippen molar-refractivity contribution in [3.63, 3.8) is 0 Å². The first-order chi connectivity index (χ1) is 12.1. The molecule has 136 valence electrons. The van der Waals surface area contributed by atoms with Gasteiger partial charge >= 0.3 is 0 Å². The zero-order chi connectivity index (χ0) is 18.3. The van der Waals surface area contributed by atoms with Crippen LogP contribution in [0.3, 0.4) is 0 Å². The minimum atomic E-state index is -1.44. The van der Waals surface area contributed by atoms with E-state index in [9.17, 15) is 13.9 Å². The molecule has 3 rings (SSSR count). The van der Waals surface area contributed by atoms with Gasteiger partial charge in [-0.25, -0.2) is 8.78 Å². The van der Waals surface area contributed by atoms with Crippen molar-refractivity contribution in [2.45, 2.75) is 18.1 Å². The third kappa shape index (κ3) is 4.97. The fourth-order valence-corrected chi connectivity index (χ4v) is 2.97. The Hall–Kier alpha value is -1.09. The van der Waals surface area contributed by atoms with Gasteiger partial charge in [0.25, 0.3) is 0 Å². The van der Waals surface area contributed by atoms with Gasteiger partial charge in [-0.15, -0.1) is 0 Å². The van der Waals surface area contributed by atoms with Crippen molar-refractivity contribution in [2.75, 3.05) is 24.6 Å². The van der Waals surface area contributed by atoms with E-state index in [4.69, 9.17) is 4.74 Å². The summed E-state index contributed by atoms with van der Waals surface area (Å²) in [6, 6.07) is 12.3. The number of ether oxygens (including phenoxy) is 1. The monoisotopic (exact) mass is 461 g/mol. The number of morpholine rings is 1. The molecular weight excluding hydrogens is 439 g/mol. The molecule has 2 aromatic rings. The number of hydrogen-bond donors (Lipinski definition) is 2. The molecule has 0 aliphatic carbocycles. The molecule has 1 aliphatic rings. The number of rotatable bonds is 4. The molecule has 2 N–H and O–H groups in total. The van der Waals surface area contributed by atoms with Gasteiger partial charge in [0.2, 0.25) is 0 Å². The lowest BCUT2D eigenvalue weighted by Gasteiger charge is -2.39. The van der Waals surface area contributed by atoms with Gasteiger partial charge in [0.1, 0.15) is 23.3 Å². The maximum Gasteiger partial charge on any atom is 0.126 e. The molecule has 0 saturated carbocycles. The van der Waals surface area contributed by atoms with Crippen LogP contribution in [0.5, 0.6) is 0 Å². The first kappa shape index (κ1) is 20.2. The highest BCUT2D eigenvalue weighted by molar-refractivity contribution is 14.1. The molecule has 6 heteroatoms. The predicted octanol–water partition coefficient (Wildman–Crippen LogP) is 3.43. The molecule has 0 amide bonds. The quantitative estimate of drug-likeness (QED) is 0.542. The molecule has 1 fully saturated rings. The molecular formula is C19H22F2INO2. The number of benzene rings is 2.